The molecule has 0 N–H and O–H groups in total. The normalized spacial score (nSPS) is 12.5. The number of nitrogens with zero attached hydrogens (tertiary/aromatic N) is 1. The summed E-state index contributed by atoms with van der Waals surface area (Å²) in [6.07, 6.45) is 1.50. The maximum Gasteiger partial charge on any atom is 0.270 e. The first-order valence-corrected chi connectivity index (χ1v) is 4.66. The summed E-state index contributed by atoms with van der Waals surface area (Å²) in [5, 5.41) is 10.2. The number of rotatable bonds is 2. The van der Waals surface area contributed by atoms with Gasteiger partial charge >= 0.3 is 0 Å². The van der Waals surface area contributed by atoms with Gasteiger partial charge in [-0.25, -0.2) is 0 Å². The molecule has 1 unspecified atom stereocenters. The second-order valence-electron chi connectivity index (χ2n) is 2.12. The van der Waals surface area contributed by atoms with Crippen LogP contribution in [0.4, 0.5) is 5.69 Å². The van der Waals surface area contributed by atoms with E-state index in [4.69, 9.17) is 0 Å². The second-order valence-corrected chi connectivity index (χ2v) is 3.47. The van der Waals surface area contributed by atoms with Gasteiger partial charge < -0.3 is 4.55 Å². The lowest BCUT2D eigenvalue weighted by Crippen LogP contribution is -1.97. The van der Waals surface area contributed by atoms with E-state index in [2.05, 4.69) is 6.07 Å². The van der Waals surface area contributed by atoms with Crippen LogP contribution in [0.3, 0.4) is 0 Å². The van der Waals surface area contributed by atoms with E-state index in [9.17, 15) is 14.7 Å². The second kappa shape index (κ2) is 3.55. The van der Waals surface area contributed by atoms with Gasteiger partial charge in [0.1, 0.15) is 6.26 Å². The zero-order valence-corrected chi connectivity index (χ0v) is 7.13. The van der Waals surface area contributed by atoms with Crippen LogP contribution in [0, 0.1) is 16.2 Å². The van der Waals surface area contributed by atoms with E-state index in [-0.39, 0.29) is 5.69 Å². The molecule has 1 radical (unpaired) electrons. The van der Waals surface area contributed by atoms with E-state index in [0.717, 1.165) is 0 Å². The van der Waals surface area contributed by atoms with Crippen LogP contribution in [0.5, 0.6) is 0 Å². The van der Waals surface area contributed by atoms with Crippen molar-refractivity contribution in [1.29, 1.82) is 0 Å². The first kappa shape index (κ1) is 9.02. The largest absolute Gasteiger partial charge is 0.612 e. The molecule has 0 spiro atoms. The van der Waals surface area contributed by atoms with Gasteiger partial charge in [0.25, 0.3) is 5.69 Å². The molecule has 12 heavy (non-hydrogen) atoms. The molecule has 0 aliphatic rings. The Labute approximate surface area is 72.5 Å². The molecule has 0 saturated carbocycles. The molecule has 1 aromatic carbocycles. The predicted octanol–water partition coefficient (Wildman–Crippen LogP) is 1.13. The Morgan fingerprint density at radius 3 is 2.58 bits per heavy atom. The molecular formula is C7H6NO3S. The quantitative estimate of drug-likeness (QED) is 0.393. The summed E-state index contributed by atoms with van der Waals surface area (Å²) in [4.78, 5) is 10.1. The lowest BCUT2D eigenvalue weighted by Gasteiger charge is -2.01. The molecule has 0 aliphatic heterocycles. The number of nitro benzene ring substituents is 1. The number of benzene rings is 1. The smallest absolute Gasteiger partial charge is 0.270 e. The third-order valence-corrected chi connectivity index (χ3v) is 2.16. The van der Waals surface area contributed by atoms with Crippen molar-refractivity contribution in [3.8, 4) is 0 Å². The van der Waals surface area contributed by atoms with Crippen LogP contribution in [-0.4, -0.2) is 15.7 Å². The zero-order valence-electron chi connectivity index (χ0n) is 6.31. The number of hydrogen-bond donors (Lipinski definition) is 0. The van der Waals surface area contributed by atoms with Crippen LogP contribution >= 0.6 is 0 Å². The molecule has 0 bridgehead atoms. The third-order valence-electron chi connectivity index (χ3n) is 1.29. The van der Waals surface area contributed by atoms with Crippen LogP contribution in [0.2, 0.25) is 0 Å². The van der Waals surface area contributed by atoms with E-state index >= 15 is 0 Å². The SMILES string of the molecule is C[S+]([O-])c1[c]cc([N+](=O)[O-])cc1. The molecule has 1 atom stereocenters. The highest BCUT2D eigenvalue weighted by Gasteiger charge is 2.08. The van der Waals surface area contributed by atoms with Crippen molar-refractivity contribution in [2.45, 2.75) is 4.90 Å². The van der Waals surface area contributed by atoms with Crippen molar-refractivity contribution in [2.75, 3.05) is 6.26 Å². The molecule has 0 fully saturated rings. The van der Waals surface area contributed by atoms with Crippen molar-refractivity contribution in [3.05, 3.63) is 34.4 Å². The fourth-order valence-electron chi connectivity index (χ4n) is 0.695. The van der Waals surface area contributed by atoms with E-state index in [1.54, 1.807) is 0 Å². The predicted molar refractivity (Wildman–Crippen MR) is 44.3 cm³/mol. The minimum Gasteiger partial charge on any atom is -0.612 e. The van der Waals surface area contributed by atoms with E-state index in [0.29, 0.717) is 4.90 Å². The van der Waals surface area contributed by atoms with Gasteiger partial charge in [0.15, 0.2) is 4.90 Å². The van der Waals surface area contributed by atoms with Gasteiger partial charge in [-0.1, -0.05) is 0 Å². The Bertz CT molecular complexity index is 283. The van der Waals surface area contributed by atoms with Crippen LogP contribution < -0.4 is 0 Å². The third kappa shape index (κ3) is 1.96. The standard InChI is InChI=1S/C7H6NO3S/c1-12(11)7-4-2-6(3-5-7)8(9)10/h2-4H,1H3. The lowest BCUT2D eigenvalue weighted by atomic mass is 10.3. The van der Waals surface area contributed by atoms with Gasteiger partial charge in [0, 0.05) is 24.3 Å². The van der Waals surface area contributed by atoms with Gasteiger partial charge in [0.2, 0.25) is 0 Å². The highest BCUT2D eigenvalue weighted by atomic mass is 32.2. The number of hydrogen-bond acceptors (Lipinski definition) is 3. The maximum absolute atomic E-state index is 10.8. The molecule has 5 heteroatoms. The monoisotopic (exact) mass is 184 g/mol. The van der Waals surface area contributed by atoms with Crippen molar-refractivity contribution < 1.29 is 9.48 Å². The molecule has 4 nitrogen and oxygen atoms in total. The molecule has 0 amide bonds. The molecule has 0 aromatic heterocycles. The Kier molecular flexibility index (Phi) is 2.67. The van der Waals surface area contributed by atoms with Crippen molar-refractivity contribution >= 4 is 16.9 Å². The average molecular weight is 184 g/mol. The molecule has 63 valence electrons. The van der Waals surface area contributed by atoms with E-state index in [1.807, 2.05) is 0 Å². The molecule has 0 aliphatic carbocycles. The van der Waals surface area contributed by atoms with Crippen molar-refractivity contribution in [1.82, 2.24) is 0 Å². The Balaban J connectivity index is 2.93. The Hall–Kier alpha value is -1.07. The molecule has 1 aromatic rings. The topological polar surface area (TPSA) is 66.2 Å². The maximum atomic E-state index is 10.8. The molecule has 0 heterocycles. The summed E-state index contributed by atoms with van der Waals surface area (Å²) >= 11 is -1.13. The Morgan fingerprint density at radius 1 is 1.58 bits per heavy atom. The van der Waals surface area contributed by atoms with Crippen LogP contribution in [0.15, 0.2) is 23.1 Å². The van der Waals surface area contributed by atoms with Crippen molar-refractivity contribution in [3.63, 3.8) is 0 Å². The average Bonchev–Trinajstić information content (AvgIpc) is 2.04. The van der Waals surface area contributed by atoms with Gasteiger partial charge in [-0.2, -0.15) is 0 Å². The summed E-state index contributed by atoms with van der Waals surface area (Å²) in [6.45, 7) is 0. The fourth-order valence-corrected chi connectivity index (χ4v) is 1.18. The van der Waals surface area contributed by atoms with Crippen molar-refractivity contribution in [2.24, 2.45) is 0 Å². The van der Waals surface area contributed by atoms with Crippen LogP contribution in [0.1, 0.15) is 0 Å². The van der Waals surface area contributed by atoms with Gasteiger partial charge in [-0.05, 0) is 11.2 Å². The first-order chi connectivity index (χ1) is 5.61. The van der Waals surface area contributed by atoms with Gasteiger partial charge in [0.05, 0.1) is 4.92 Å². The molecule has 0 saturated heterocycles. The number of nitro groups is 1. The highest BCUT2D eigenvalue weighted by Crippen LogP contribution is 2.14. The van der Waals surface area contributed by atoms with Crippen LogP contribution in [0.25, 0.3) is 0 Å². The zero-order chi connectivity index (χ0) is 9.14. The Morgan fingerprint density at radius 2 is 2.25 bits per heavy atom. The van der Waals surface area contributed by atoms with E-state index < -0.39 is 16.1 Å². The first-order valence-electron chi connectivity index (χ1n) is 3.11. The summed E-state index contributed by atoms with van der Waals surface area (Å²) in [5.41, 5.74) is -0.0378. The fraction of sp³-hybridized carbons (Fsp3) is 0.143. The lowest BCUT2D eigenvalue weighted by molar-refractivity contribution is -0.384. The summed E-state index contributed by atoms with van der Waals surface area (Å²) in [7, 11) is 0. The molecular weight excluding hydrogens is 178 g/mol. The summed E-state index contributed by atoms with van der Waals surface area (Å²) < 4.78 is 10.8. The molecule has 1 rings (SSSR count). The summed E-state index contributed by atoms with van der Waals surface area (Å²) in [5.74, 6) is 0. The van der Waals surface area contributed by atoms with Gasteiger partial charge in [-0.15, -0.1) is 0 Å². The van der Waals surface area contributed by atoms with Gasteiger partial charge in [-0.3, -0.25) is 10.1 Å². The minimum atomic E-state index is -1.13. The highest BCUT2D eigenvalue weighted by molar-refractivity contribution is 7.90. The number of non-ortho nitro benzene ring substituents is 1. The summed E-state index contributed by atoms with van der Waals surface area (Å²) in [6, 6.07) is 6.55. The van der Waals surface area contributed by atoms with E-state index in [1.165, 1.54) is 24.5 Å². The minimum absolute atomic E-state index is 0.0378. The van der Waals surface area contributed by atoms with Crippen LogP contribution in [-0.2, 0) is 11.2 Å².